The summed E-state index contributed by atoms with van der Waals surface area (Å²) >= 11 is 5.82. The number of aromatic carboxylic acids is 1. The molecule has 1 heterocycles. The monoisotopic (exact) mass is 268 g/mol. The zero-order valence-corrected chi connectivity index (χ0v) is 11.1. The Morgan fingerprint density at radius 3 is 2.89 bits per heavy atom. The van der Waals surface area contributed by atoms with Gasteiger partial charge in [0.15, 0.2) is 0 Å². The molecule has 0 saturated heterocycles. The SMILES string of the molecule is CCC(CC1CC1)Nc1cc(C(=O)O)cc(Cl)n1. The lowest BCUT2D eigenvalue weighted by atomic mass is 10.1. The average molecular weight is 269 g/mol. The topological polar surface area (TPSA) is 62.2 Å². The molecule has 2 N–H and O–H groups in total. The highest BCUT2D eigenvalue weighted by molar-refractivity contribution is 6.29. The van der Waals surface area contributed by atoms with Crippen LogP contribution in [-0.4, -0.2) is 22.1 Å². The molecule has 18 heavy (non-hydrogen) atoms. The number of anilines is 1. The highest BCUT2D eigenvalue weighted by Gasteiger charge is 2.25. The molecule has 1 fully saturated rings. The summed E-state index contributed by atoms with van der Waals surface area (Å²) in [6.45, 7) is 2.11. The summed E-state index contributed by atoms with van der Waals surface area (Å²) in [6.07, 6.45) is 4.73. The maximum atomic E-state index is 10.9. The first-order valence-electron chi connectivity index (χ1n) is 6.26. The van der Waals surface area contributed by atoms with Gasteiger partial charge in [-0.3, -0.25) is 0 Å². The highest BCUT2D eigenvalue weighted by atomic mass is 35.5. The van der Waals surface area contributed by atoms with Crippen molar-refractivity contribution in [3.63, 3.8) is 0 Å². The maximum absolute atomic E-state index is 10.9. The van der Waals surface area contributed by atoms with Crippen LogP contribution in [0.2, 0.25) is 5.15 Å². The second kappa shape index (κ2) is 5.57. The molecule has 2 rings (SSSR count). The predicted octanol–water partition coefficient (Wildman–Crippen LogP) is 3.42. The molecule has 0 bridgehead atoms. The number of rotatable bonds is 6. The van der Waals surface area contributed by atoms with Gasteiger partial charge in [-0.2, -0.15) is 0 Å². The van der Waals surface area contributed by atoms with Gasteiger partial charge in [-0.05, 0) is 30.9 Å². The fourth-order valence-electron chi connectivity index (χ4n) is 1.99. The van der Waals surface area contributed by atoms with Crippen LogP contribution >= 0.6 is 11.6 Å². The second-order valence-corrected chi connectivity index (χ2v) is 5.18. The third kappa shape index (κ3) is 3.60. The van der Waals surface area contributed by atoms with Gasteiger partial charge in [0.1, 0.15) is 11.0 Å². The molecule has 0 aliphatic heterocycles. The number of pyridine rings is 1. The lowest BCUT2D eigenvalue weighted by molar-refractivity contribution is 0.0697. The number of carboxylic acids is 1. The van der Waals surface area contributed by atoms with Gasteiger partial charge in [0.05, 0.1) is 5.56 Å². The summed E-state index contributed by atoms with van der Waals surface area (Å²) < 4.78 is 0. The van der Waals surface area contributed by atoms with E-state index >= 15 is 0 Å². The van der Waals surface area contributed by atoms with Crippen molar-refractivity contribution in [2.24, 2.45) is 5.92 Å². The Kier molecular flexibility index (Phi) is 4.07. The van der Waals surface area contributed by atoms with Crippen molar-refractivity contribution in [3.05, 3.63) is 22.8 Å². The lowest BCUT2D eigenvalue weighted by Crippen LogP contribution is -2.20. The number of hydrogen-bond donors (Lipinski definition) is 2. The first-order valence-corrected chi connectivity index (χ1v) is 6.63. The van der Waals surface area contributed by atoms with Crippen molar-refractivity contribution < 1.29 is 9.90 Å². The van der Waals surface area contributed by atoms with Crippen molar-refractivity contribution >= 4 is 23.4 Å². The first kappa shape index (κ1) is 13.1. The van der Waals surface area contributed by atoms with Crippen molar-refractivity contribution in [1.82, 2.24) is 4.98 Å². The van der Waals surface area contributed by atoms with Crippen molar-refractivity contribution in [2.75, 3.05) is 5.32 Å². The van der Waals surface area contributed by atoms with E-state index in [2.05, 4.69) is 17.2 Å². The number of hydrogen-bond acceptors (Lipinski definition) is 3. The van der Waals surface area contributed by atoms with Crippen LogP contribution in [0.4, 0.5) is 5.82 Å². The molecule has 1 aliphatic carbocycles. The van der Waals surface area contributed by atoms with Crippen molar-refractivity contribution in [1.29, 1.82) is 0 Å². The van der Waals surface area contributed by atoms with E-state index in [1.807, 2.05) is 0 Å². The Morgan fingerprint density at radius 2 is 2.33 bits per heavy atom. The molecule has 1 saturated carbocycles. The molecule has 1 unspecified atom stereocenters. The van der Waals surface area contributed by atoms with Crippen LogP contribution < -0.4 is 5.32 Å². The summed E-state index contributed by atoms with van der Waals surface area (Å²) in [7, 11) is 0. The zero-order chi connectivity index (χ0) is 13.1. The van der Waals surface area contributed by atoms with E-state index in [4.69, 9.17) is 16.7 Å². The third-order valence-corrected chi connectivity index (χ3v) is 3.39. The maximum Gasteiger partial charge on any atom is 0.335 e. The number of halogens is 1. The fourth-order valence-corrected chi connectivity index (χ4v) is 2.20. The summed E-state index contributed by atoms with van der Waals surface area (Å²) in [5.41, 5.74) is 0.166. The minimum atomic E-state index is -0.988. The van der Waals surface area contributed by atoms with Gasteiger partial charge in [-0.15, -0.1) is 0 Å². The minimum absolute atomic E-state index is 0.166. The first-order chi connectivity index (χ1) is 8.58. The predicted molar refractivity (Wildman–Crippen MR) is 71.2 cm³/mol. The molecule has 1 aromatic heterocycles. The van der Waals surface area contributed by atoms with Crippen LogP contribution in [0.1, 0.15) is 43.0 Å². The van der Waals surface area contributed by atoms with Gasteiger partial charge in [0.25, 0.3) is 0 Å². The van der Waals surface area contributed by atoms with E-state index in [-0.39, 0.29) is 10.7 Å². The van der Waals surface area contributed by atoms with Crippen molar-refractivity contribution in [3.8, 4) is 0 Å². The quantitative estimate of drug-likeness (QED) is 0.776. The average Bonchev–Trinajstić information content (AvgIpc) is 3.11. The Bertz CT molecular complexity index is 447. The van der Waals surface area contributed by atoms with Crippen LogP contribution in [-0.2, 0) is 0 Å². The summed E-state index contributed by atoms with van der Waals surface area (Å²) in [6, 6.07) is 3.23. The van der Waals surface area contributed by atoms with Gasteiger partial charge in [0, 0.05) is 6.04 Å². The van der Waals surface area contributed by atoms with E-state index < -0.39 is 5.97 Å². The van der Waals surface area contributed by atoms with Crippen LogP contribution in [0.5, 0.6) is 0 Å². The van der Waals surface area contributed by atoms with Crippen LogP contribution in [0.15, 0.2) is 12.1 Å². The molecule has 4 nitrogen and oxygen atoms in total. The zero-order valence-electron chi connectivity index (χ0n) is 10.3. The number of carbonyl (C=O) groups is 1. The molecule has 0 radical (unpaired) electrons. The third-order valence-electron chi connectivity index (χ3n) is 3.20. The molecule has 1 aliphatic rings. The van der Waals surface area contributed by atoms with Gasteiger partial charge in [0.2, 0.25) is 0 Å². The molecule has 1 atom stereocenters. The number of carboxylic acid groups (broad SMARTS) is 1. The molecule has 5 heteroatoms. The fraction of sp³-hybridized carbons (Fsp3) is 0.538. The lowest BCUT2D eigenvalue weighted by Gasteiger charge is -2.17. The molecule has 0 amide bonds. The van der Waals surface area contributed by atoms with Crippen molar-refractivity contribution in [2.45, 2.75) is 38.6 Å². The van der Waals surface area contributed by atoms with Gasteiger partial charge < -0.3 is 10.4 Å². The summed E-state index contributed by atoms with van der Waals surface area (Å²) in [5.74, 6) is 0.380. The molecule has 98 valence electrons. The van der Waals surface area contributed by atoms with Gasteiger partial charge in [-0.1, -0.05) is 31.4 Å². The van der Waals surface area contributed by atoms with Crippen LogP contribution in [0.25, 0.3) is 0 Å². The molecular formula is C13H17ClN2O2. The van der Waals surface area contributed by atoms with Crippen LogP contribution in [0, 0.1) is 5.92 Å². The summed E-state index contributed by atoms with van der Waals surface area (Å²) in [4.78, 5) is 15.1. The Labute approximate surface area is 111 Å². The second-order valence-electron chi connectivity index (χ2n) is 4.80. The number of nitrogens with one attached hydrogen (secondary N) is 1. The van der Waals surface area contributed by atoms with E-state index in [0.29, 0.717) is 11.9 Å². The van der Waals surface area contributed by atoms with E-state index in [1.165, 1.54) is 25.0 Å². The Morgan fingerprint density at radius 1 is 1.61 bits per heavy atom. The number of aromatic nitrogens is 1. The van der Waals surface area contributed by atoms with E-state index in [9.17, 15) is 4.79 Å². The normalized spacial score (nSPS) is 16.3. The van der Waals surface area contributed by atoms with E-state index in [0.717, 1.165) is 18.8 Å². The molecular weight excluding hydrogens is 252 g/mol. The Balaban J connectivity index is 2.08. The Hall–Kier alpha value is -1.29. The number of nitrogens with zero attached hydrogens (tertiary/aromatic N) is 1. The minimum Gasteiger partial charge on any atom is -0.478 e. The smallest absolute Gasteiger partial charge is 0.335 e. The molecule has 0 aromatic carbocycles. The van der Waals surface area contributed by atoms with Crippen LogP contribution in [0.3, 0.4) is 0 Å². The molecule has 1 aromatic rings. The molecule has 0 spiro atoms. The standard InChI is InChI=1S/C13H17ClN2O2/c1-2-10(5-8-3-4-8)15-12-7-9(13(17)18)6-11(14)16-12/h6-8,10H,2-5H2,1H3,(H,15,16)(H,17,18). The largest absolute Gasteiger partial charge is 0.478 e. The highest BCUT2D eigenvalue weighted by Crippen LogP contribution is 2.34. The van der Waals surface area contributed by atoms with Gasteiger partial charge >= 0.3 is 5.97 Å². The summed E-state index contributed by atoms with van der Waals surface area (Å²) in [5, 5.41) is 12.5. The van der Waals surface area contributed by atoms with E-state index in [1.54, 1.807) is 0 Å². The van der Waals surface area contributed by atoms with Gasteiger partial charge in [-0.25, -0.2) is 9.78 Å².